The second-order valence-electron chi connectivity index (χ2n) is 2.80. The topological polar surface area (TPSA) is 173 Å². The molecule has 0 aromatic carbocycles. The number of rotatable bonds is 4. The van der Waals surface area contributed by atoms with Gasteiger partial charge in [-0.2, -0.15) is 8.42 Å². The largest absolute Gasteiger partial charge is 0.394 e. The van der Waals surface area contributed by atoms with Crippen LogP contribution in [0.3, 0.4) is 0 Å². The van der Waals surface area contributed by atoms with Gasteiger partial charge in [0, 0.05) is 0 Å². The molecule has 0 aliphatic carbocycles. The summed E-state index contributed by atoms with van der Waals surface area (Å²) >= 11 is 0. The minimum atomic E-state index is -4.67. The van der Waals surface area contributed by atoms with Gasteiger partial charge in [0.15, 0.2) is 6.29 Å². The van der Waals surface area contributed by atoms with Crippen molar-refractivity contribution in [2.45, 2.75) is 31.3 Å². The predicted molar refractivity (Wildman–Crippen MR) is 49.9 cm³/mol. The average Bonchev–Trinajstić information content (AvgIpc) is 2.11. The molecule has 0 spiro atoms. The quantitative estimate of drug-likeness (QED) is 0.228. The third-order valence-corrected chi connectivity index (χ3v) is 1.33. The summed E-state index contributed by atoms with van der Waals surface area (Å²) in [5, 5.41) is 35.1. The molecular formula is C6H14O9S. The van der Waals surface area contributed by atoms with Crippen molar-refractivity contribution in [3.8, 4) is 0 Å². The van der Waals surface area contributed by atoms with Gasteiger partial charge in [-0.3, -0.25) is 9.11 Å². The molecule has 0 heterocycles. The Morgan fingerprint density at radius 1 is 1.00 bits per heavy atom. The van der Waals surface area contributed by atoms with Crippen LogP contribution in [0.5, 0.6) is 0 Å². The Bertz CT molecular complexity index is 276. The van der Waals surface area contributed by atoms with Crippen molar-refractivity contribution in [2.24, 2.45) is 0 Å². The molecule has 0 aliphatic rings. The average molecular weight is 262 g/mol. The molecule has 0 fully saturated rings. The molecule has 0 aromatic heterocycles. The highest BCUT2D eigenvalue weighted by molar-refractivity contribution is 7.79. The summed E-state index contributed by atoms with van der Waals surface area (Å²) in [5.41, 5.74) is 0. The van der Waals surface area contributed by atoms with Crippen LogP contribution < -0.4 is 0 Å². The van der Waals surface area contributed by atoms with E-state index in [2.05, 4.69) is 0 Å². The van der Waals surface area contributed by atoms with E-state index in [1.54, 1.807) is 0 Å². The maximum Gasteiger partial charge on any atom is 0.394 e. The van der Waals surface area contributed by atoms with Gasteiger partial charge in [0.25, 0.3) is 0 Å². The molecule has 0 saturated heterocycles. The van der Waals surface area contributed by atoms with E-state index in [4.69, 9.17) is 37.9 Å². The molecule has 0 saturated carbocycles. The molecule has 0 radical (unpaired) electrons. The minimum Gasteiger partial charge on any atom is -0.391 e. The molecule has 6 N–H and O–H groups in total. The Labute approximate surface area is 91.5 Å². The lowest BCUT2D eigenvalue weighted by molar-refractivity contribution is -0.132. The van der Waals surface area contributed by atoms with Crippen molar-refractivity contribution >= 4 is 16.7 Å². The van der Waals surface area contributed by atoms with Crippen molar-refractivity contribution in [3.05, 3.63) is 0 Å². The van der Waals surface area contributed by atoms with Gasteiger partial charge in [-0.05, 0) is 6.92 Å². The summed E-state index contributed by atoms with van der Waals surface area (Å²) in [5.74, 6) is 0. The molecule has 0 unspecified atom stereocenters. The normalized spacial score (nSPS) is 18.7. The maximum absolute atomic E-state index is 9.87. The van der Waals surface area contributed by atoms with Gasteiger partial charge in [0.1, 0.15) is 18.3 Å². The van der Waals surface area contributed by atoms with Crippen LogP contribution in [0.2, 0.25) is 0 Å². The van der Waals surface area contributed by atoms with E-state index < -0.39 is 34.8 Å². The standard InChI is InChI=1S/C6H12O5.H2O4S/c1-3(8)5(10)6(11)4(9)2-7;1-5(2,3)4/h2-6,8-11H,1H3;(H2,1,2,3,4)/t3-,4+,5+,6-;/m0./s1. The first-order valence-corrected chi connectivity index (χ1v) is 5.27. The maximum atomic E-state index is 9.87. The zero-order valence-corrected chi connectivity index (χ0v) is 9.02. The molecule has 0 aromatic rings. The van der Waals surface area contributed by atoms with Crippen LogP contribution in [0.15, 0.2) is 0 Å². The summed E-state index contributed by atoms with van der Waals surface area (Å²) in [6, 6.07) is 0. The van der Waals surface area contributed by atoms with Crippen LogP contribution >= 0.6 is 0 Å². The van der Waals surface area contributed by atoms with Gasteiger partial charge in [0.2, 0.25) is 0 Å². The number of aliphatic hydroxyl groups excluding tert-OH is 4. The smallest absolute Gasteiger partial charge is 0.391 e. The molecule has 0 amide bonds. The van der Waals surface area contributed by atoms with E-state index in [9.17, 15) is 4.79 Å². The molecule has 0 rings (SSSR count). The number of carbonyl (C=O) groups is 1. The lowest BCUT2D eigenvalue weighted by Gasteiger charge is -2.21. The number of aldehydes is 1. The van der Waals surface area contributed by atoms with E-state index in [0.717, 1.165) is 0 Å². The molecule has 0 bridgehead atoms. The first-order valence-electron chi connectivity index (χ1n) is 3.88. The third kappa shape index (κ3) is 11.5. The van der Waals surface area contributed by atoms with Gasteiger partial charge < -0.3 is 25.2 Å². The minimum absolute atomic E-state index is 0.0935. The van der Waals surface area contributed by atoms with Crippen molar-refractivity contribution in [2.75, 3.05) is 0 Å². The van der Waals surface area contributed by atoms with E-state index in [0.29, 0.717) is 0 Å². The summed E-state index contributed by atoms with van der Waals surface area (Å²) in [4.78, 5) is 9.87. The second kappa shape index (κ2) is 7.62. The molecule has 4 atom stereocenters. The zero-order chi connectivity index (χ0) is 13.5. The Morgan fingerprint density at radius 3 is 1.50 bits per heavy atom. The molecule has 16 heavy (non-hydrogen) atoms. The van der Waals surface area contributed by atoms with Crippen molar-refractivity contribution in [1.82, 2.24) is 0 Å². The van der Waals surface area contributed by atoms with Crippen molar-refractivity contribution < 1.29 is 42.7 Å². The SMILES string of the molecule is C[C@H](O)[C@@H](O)[C@@H](O)[C@H](O)C=O.O=S(=O)(O)O. The number of hydrogen-bond donors (Lipinski definition) is 6. The fraction of sp³-hybridized carbons (Fsp3) is 0.833. The Hall–Kier alpha value is -0.620. The van der Waals surface area contributed by atoms with Crippen LogP contribution in [0.25, 0.3) is 0 Å². The summed E-state index contributed by atoms with van der Waals surface area (Å²) in [6.07, 6.45) is -5.88. The van der Waals surface area contributed by atoms with E-state index in [-0.39, 0.29) is 6.29 Å². The molecule has 10 heteroatoms. The van der Waals surface area contributed by atoms with E-state index >= 15 is 0 Å². The monoisotopic (exact) mass is 262 g/mol. The number of hydrogen-bond acceptors (Lipinski definition) is 7. The van der Waals surface area contributed by atoms with Crippen LogP contribution in [0, 0.1) is 0 Å². The number of carbonyl (C=O) groups excluding carboxylic acids is 1. The number of aliphatic hydroxyl groups is 4. The third-order valence-electron chi connectivity index (χ3n) is 1.33. The van der Waals surface area contributed by atoms with E-state index in [1.165, 1.54) is 6.92 Å². The first kappa shape index (κ1) is 17.8. The highest BCUT2D eigenvalue weighted by Crippen LogP contribution is 2.02. The van der Waals surface area contributed by atoms with Crippen LogP contribution in [-0.4, -0.2) is 68.7 Å². The second-order valence-corrected chi connectivity index (χ2v) is 3.69. The zero-order valence-electron chi connectivity index (χ0n) is 8.20. The van der Waals surface area contributed by atoms with Crippen molar-refractivity contribution in [3.63, 3.8) is 0 Å². The van der Waals surface area contributed by atoms with Crippen LogP contribution in [0.1, 0.15) is 6.92 Å². The lowest BCUT2D eigenvalue weighted by Crippen LogP contribution is -2.43. The fourth-order valence-corrected chi connectivity index (χ4v) is 0.568. The van der Waals surface area contributed by atoms with Crippen molar-refractivity contribution in [1.29, 1.82) is 0 Å². The Kier molecular flexibility index (Phi) is 8.46. The van der Waals surface area contributed by atoms with Gasteiger partial charge in [-0.25, -0.2) is 0 Å². The van der Waals surface area contributed by atoms with Gasteiger partial charge in [-0.15, -0.1) is 0 Å². The molecular weight excluding hydrogens is 248 g/mol. The van der Waals surface area contributed by atoms with Gasteiger partial charge >= 0.3 is 10.4 Å². The molecule has 98 valence electrons. The van der Waals surface area contributed by atoms with Crippen LogP contribution in [-0.2, 0) is 15.2 Å². The molecule has 9 nitrogen and oxygen atoms in total. The van der Waals surface area contributed by atoms with Gasteiger partial charge in [-0.1, -0.05) is 0 Å². The van der Waals surface area contributed by atoms with Gasteiger partial charge in [0.05, 0.1) is 6.10 Å². The summed E-state index contributed by atoms with van der Waals surface area (Å²) in [7, 11) is -4.67. The lowest BCUT2D eigenvalue weighted by atomic mass is 10.1. The highest BCUT2D eigenvalue weighted by atomic mass is 32.3. The predicted octanol–water partition coefficient (Wildman–Crippen LogP) is -3.00. The van der Waals surface area contributed by atoms with Crippen LogP contribution in [0.4, 0.5) is 0 Å². The summed E-state index contributed by atoms with van der Waals surface area (Å²) in [6.45, 7) is 1.24. The Morgan fingerprint density at radius 2 is 1.31 bits per heavy atom. The van der Waals surface area contributed by atoms with E-state index in [1.807, 2.05) is 0 Å². The highest BCUT2D eigenvalue weighted by Gasteiger charge is 2.27. The summed E-state index contributed by atoms with van der Waals surface area (Å²) < 4.78 is 31.6. The Balaban J connectivity index is 0. The fourth-order valence-electron chi connectivity index (χ4n) is 0.568. The molecule has 0 aliphatic heterocycles. The first-order chi connectivity index (χ1) is 7.00.